The summed E-state index contributed by atoms with van der Waals surface area (Å²) in [6, 6.07) is 9.37. The number of hydrogen-bond acceptors (Lipinski definition) is 4. The van der Waals surface area contributed by atoms with Crippen LogP contribution in [0.4, 0.5) is 20.2 Å². The number of nitrogens with zero attached hydrogens (tertiary/aromatic N) is 1. The van der Waals surface area contributed by atoms with E-state index in [9.17, 15) is 23.2 Å². The monoisotopic (exact) mass is 472 g/mol. The van der Waals surface area contributed by atoms with Crippen molar-refractivity contribution in [1.29, 1.82) is 0 Å². The Balaban J connectivity index is 1.57. The highest BCUT2D eigenvalue weighted by Crippen LogP contribution is 2.23. The number of hydrogen-bond donors (Lipinski definition) is 3. The van der Waals surface area contributed by atoms with Gasteiger partial charge in [0.2, 0.25) is 11.8 Å². The highest BCUT2D eigenvalue weighted by molar-refractivity contribution is 5.99. The molecule has 1 aliphatic heterocycles. The predicted molar refractivity (Wildman–Crippen MR) is 127 cm³/mol. The van der Waals surface area contributed by atoms with Crippen LogP contribution in [0.15, 0.2) is 42.5 Å². The van der Waals surface area contributed by atoms with Crippen LogP contribution in [0.25, 0.3) is 0 Å². The van der Waals surface area contributed by atoms with E-state index in [0.29, 0.717) is 18.2 Å². The maximum atomic E-state index is 13.8. The summed E-state index contributed by atoms with van der Waals surface area (Å²) in [5, 5.41) is 7.81. The Labute approximate surface area is 197 Å². The number of unbranched alkanes of at least 4 members (excludes halogenated alkanes) is 1. The van der Waals surface area contributed by atoms with Crippen LogP contribution in [0.1, 0.15) is 49.4 Å². The molecule has 0 bridgehead atoms. The molecular weight excluding hydrogens is 442 g/mol. The van der Waals surface area contributed by atoms with Crippen LogP contribution in [0.2, 0.25) is 0 Å². The molecule has 34 heavy (non-hydrogen) atoms. The number of carbonyl (C=O) groups excluding carboxylic acids is 3. The summed E-state index contributed by atoms with van der Waals surface area (Å²) in [6.45, 7) is 3.50. The first-order valence-corrected chi connectivity index (χ1v) is 11.6. The van der Waals surface area contributed by atoms with E-state index in [2.05, 4.69) is 20.9 Å². The normalized spacial score (nSPS) is 13.9. The van der Waals surface area contributed by atoms with Crippen molar-refractivity contribution in [1.82, 2.24) is 10.6 Å². The average molecular weight is 473 g/mol. The lowest BCUT2D eigenvalue weighted by Gasteiger charge is -2.21. The van der Waals surface area contributed by atoms with Gasteiger partial charge in [-0.15, -0.1) is 0 Å². The summed E-state index contributed by atoms with van der Waals surface area (Å²) >= 11 is 0. The van der Waals surface area contributed by atoms with Gasteiger partial charge < -0.3 is 20.9 Å². The van der Waals surface area contributed by atoms with Gasteiger partial charge in [-0.25, -0.2) is 8.78 Å². The first-order valence-electron chi connectivity index (χ1n) is 11.6. The largest absolute Gasteiger partial charge is 0.371 e. The Morgan fingerprint density at radius 2 is 1.82 bits per heavy atom. The van der Waals surface area contributed by atoms with Crippen molar-refractivity contribution in [3.63, 3.8) is 0 Å². The molecule has 7 nitrogen and oxygen atoms in total. The van der Waals surface area contributed by atoms with Crippen LogP contribution in [0.5, 0.6) is 0 Å². The first-order chi connectivity index (χ1) is 16.4. The minimum Gasteiger partial charge on any atom is -0.371 e. The Morgan fingerprint density at radius 3 is 2.53 bits per heavy atom. The van der Waals surface area contributed by atoms with E-state index < -0.39 is 36.0 Å². The number of anilines is 2. The molecule has 9 heteroatoms. The van der Waals surface area contributed by atoms with Crippen LogP contribution in [0.3, 0.4) is 0 Å². The molecule has 1 unspecified atom stereocenters. The van der Waals surface area contributed by atoms with Gasteiger partial charge >= 0.3 is 0 Å². The van der Waals surface area contributed by atoms with Crippen molar-refractivity contribution in [3.8, 4) is 0 Å². The van der Waals surface area contributed by atoms with E-state index in [1.54, 1.807) is 6.07 Å². The lowest BCUT2D eigenvalue weighted by atomic mass is 10.1. The SMILES string of the molecule is CCCCC(NC(=O)CNC(=O)c1ccc(F)cc1F)C(=O)Nc1cccc(N2CCCC2)c1. The maximum Gasteiger partial charge on any atom is 0.254 e. The third kappa shape index (κ3) is 7.00. The second-order valence-corrected chi connectivity index (χ2v) is 8.30. The van der Waals surface area contributed by atoms with Gasteiger partial charge in [0.05, 0.1) is 12.1 Å². The standard InChI is InChI=1S/C25H30F2N4O3/c1-2-3-9-22(25(34)29-18-7-6-8-19(15-18)31-12-4-5-13-31)30-23(32)16-28-24(33)20-11-10-17(26)14-21(20)27/h6-8,10-11,14-15,22H,2-5,9,12-13,16H2,1H3,(H,28,33)(H,29,34)(H,30,32). The minimum absolute atomic E-state index is 0.351. The van der Waals surface area contributed by atoms with Gasteiger partial charge in [-0.2, -0.15) is 0 Å². The Kier molecular flexibility index (Phi) is 8.95. The van der Waals surface area contributed by atoms with E-state index >= 15 is 0 Å². The number of rotatable bonds is 10. The highest BCUT2D eigenvalue weighted by atomic mass is 19.1. The van der Waals surface area contributed by atoms with Crippen molar-refractivity contribution in [2.24, 2.45) is 0 Å². The molecule has 1 aliphatic rings. The van der Waals surface area contributed by atoms with Crippen LogP contribution in [0, 0.1) is 11.6 Å². The van der Waals surface area contributed by atoms with Crippen molar-refractivity contribution < 1.29 is 23.2 Å². The lowest BCUT2D eigenvalue weighted by molar-refractivity contribution is -0.126. The molecule has 3 N–H and O–H groups in total. The third-order valence-corrected chi connectivity index (χ3v) is 5.67. The zero-order valence-electron chi connectivity index (χ0n) is 19.2. The van der Waals surface area contributed by atoms with Gasteiger partial charge in [0.15, 0.2) is 0 Å². The molecule has 1 atom stereocenters. The van der Waals surface area contributed by atoms with E-state index in [1.807, 2.05) is 25.1 Å². The molecule has 3 rings (SSSR count). The second kappa shape index (κ2) is 12.1. The average Bonchev–Trinajstić information content (AvgIpc) is 3.35. The molecule has 0 radical (unpaired) electrons. The van der Waals surface area contributed by atoms with Crippen molar-refractivity contribution in [3.05, 3.63) is 59.7 Å². The number of benzene rings is 2. The summed E-state index contributed by atoms with van der Waals surface area (Å²) < 4.78 is 26.8. The molecule has 2 aromatic carbocycles. The fourth-order valence-electron chi connectivity index (χ4n) is 3.84. The fraction of sp³-hybridized carbons (Fsp3) is 0.400. The Bertz CT molecular complexity index is 1020. The molecule has 2 aromatic rings. The summed E-state index contributed by atoms with van der Waals surface area (Å²) in [5.74, 6) is -3.60. The molecule has 0 spiro atoms. The predicted octanol–water partition coefficient (Wildman–Crippen LogP) is 3.61. The van der Waals surface area contributed by atoms with Crippen LogP contribution >= 0.6 is 0 Å². The highest BCUT2D eigenvalue weighted by Gasteiger charge is 2.22. The van der Waals surface area contributed by atoms with E-state index in [4.69, 9.17) is 0 Å². The molecule has 0 aliphatic carbocycles. The summed E-state index contributed by atoms with van der Waals surface area (Å²) in [6.07, 6.45) is 4.28. The van der Waals surface area contributed by atoms with Crippen molar-refractivity contribution >= 4 is 29.1 Å². The van der Waals surface area contributed by atoms with Gasteiger partial charge in [-0.1, -0.05) is 25.8 Å². The molecular formula is C25H30F2N4O3. The van der Waals surface area contributed by atoms with E-state index in [-0.39, 0.29) is 11.5 Å². The molecule has 0 aromatic heterocycles. The second-order valence-electron chi connectivity index (χ2n) is 8.30. The number of carbonyl (C=O) groups is 3. The summed E-state index contributed by atoms with van der Waals surface area (Å²) in [4.78, 5) is 39.7. The molecule has 0 saturated carbocycles. The zero-order chi connectivity index (χ0) is 24.5. The minimum atomic E-state index is -1.02. The van der Waals surface area contributed by atoms with E-state index in [0.717, 1.165) is 56.6 Å². The number of halogens is 2. The van der Waals surface area contributed by atoms with Gasteiger partial charge in [-0.05, 0) is 49.6 Å². The lowest BCUT2D eigenvalue weighted by Crippen LogP contribution is -2.47. The molecule has 182 valence electrons. The van der Waals surface area contributed by atoms with E-state index in [1.165, 1.54) is 0 Å². The Hall–Kier alpha value is -3.49. The number of amides is 3. The maximum absolute atomic E-state index is 13.8. The zero-order valence-corrected chi connectivity index (χ0v) is 19.2. The third-order valence-electron chi connectivity index (χ3n) is 5.67. The summed E-state index contributed by atoms with van der Waals surface area (Å²) in [7, 11) is 0. The molecule has 1 saturated heterocycles. The summed E-state index contributed by atoms with van der Waals surface area (Å²) in [5.41, 5.74) is 1.32. The smallest absolute Gasteiger partial charge is 0.254 e. The van der Waals surface area contributed by atoms with Crippen LogP contribution < -0.4 is 20.9 Å². The fourth-order valence-corrected chi connectivity index (χ4v) is 3.84. The first kappa shape index (κ1) is 25.1. The van der Waals surface area contributed by atoms with Crippen molar-refractivity contribution in [2.45, 2.75) is 45.1 Å². The molecule has 1 heterocycles. The van der Waals surface area contributed by atoms with Gasteiger partial charge in [0.1, 0.15) is 17.7 Å². The van der Waals surface area contributed by atoms with Gasteiger partial charge in [0, 0.05) is 30.5 Å². The van der Waals surface area contributed by atoms with Crippen LogP contribution in [-0.2, 0) is 9.59 Å². The van der Waals surface area contributed by atoms with Crippen LogP contribution in [-0.4, -0.2) is 43.4 Å². The topological polar surface area (TPSA) is 90.5 Å². The molecule has 3 amide bonds. The number of nitrogens with one attached hydrogen (secondary N) is 3. The van der Waals surface area contributed by atoms with Gasteiger partial charge in [0.25, 0.3) is 5.91 Å². The quantitative estimate of drug-likeness (QED) is 0.493. The van der Waals surface area contributed by atoms with Crippen molar-refractivity contribution in [2.75, 3.05) is 29.9 Å². The molecule has 1 fully saturated rings. The Morgan fingerprint density at radius 1 is 1.06 bits per heavy atom. The van der Waals surface area contributed by atoms with Gasteiger partial charge in [-0.3, -0.25) is 14.4 Å².